The first-order valence-corrected chi connectivity index (χ1v) is 7.19. The molecule has 0 saturated heterocycles. The molecule has 0 unspecified atom stereocenters. The van der Waals surface area contributed by atoms with Crippen molar-refractivity contribution in [1.29, 1.82) is 0 Å². The van der Waals surface area contributed by atoms with Crippen molar-refractivity contribution in [2.24, 2.45) is 0 Å². The molecule has 1 aromatic carbocycles. The van der Waals surface area contributed by atoms with Gasteiger partial charge in [-0.2, -0.15) is 0 Å². The minimum Gasteiger partial charge on any atom is -0.394 e. The highest BCUT2D eigenvalue weighted by atomic mass is 16.5. The molecule has 0 aliphatic heterocycles. The Kier molecular flexibility index (Phi) is 14.7. The molecule has 2 N–H and O–H groups in total. The van der Waals surface area contributed by atoms with Crippen LogP contribution in [0.3, 0.4) is 0 Å². The molecule has 1 rings (SSSR count). The summed E-state index contributed by atoms with van der Waals surface area (Å²) in [6.07, 6.45) is 0. The van der Waals surface area contributed by atoms with Crippen molar-refractivity contribution in [3.8, 4) is 0 Å². The zero-order chi connectivity index (χ0) is 15.8. The first-order valence-electron chi connectivity index (χ1n) is 7.19. The van der Waals surface area contributed by atoms with Crippen molar-refractivity contribution in [1.82, 2.24) is 0 Å². The first-order chi connectivity index (χ1) is 10.2. The van der Waals surface area contributed by atoms with Crippen molar-refractivity contribution < 1.29 is 24.4 Å². The van der Waals surface area contributed by atoms with E-state index in [1.165, 1.54) is 11.1 Å². The number of rotatable bonds is 10. The van der Waals surface area contributed by atoms with Gasteiger partial charge >= 0.3 is 0 Å². The molecule has 0 atom stereocenters. The SMILES string of the molecule is Cc1ccccc1C.OCCOCCOCCOCCO. The lowest BCUT2D eigenvalue weighted by molar-refractivity contribution is 0.00230. The van der Waals surface area contributed by atoms with Gasteiger partial charge in [0.25, 0.3) is 0 Å². The van der Waals surface area contributed by atoms with E-state index < -0.39 is 0 Å². The zero-order valence-corrected chi connectivity index (χ0v) is 13.1. The smallest absolute Gasteiger partial charge is 0.0701 e. The molecule has 5 heteroatoms. The third kappa shape index (κ3) is 13.7. The summed E-state index contributed by atoms with van der Waals surface area (Å²) in [5, 5.41) is 16.7. The minimum atomic E-state index is 0.0413. The van der Waals surface area contributed by atoms with Gasteiger partial charge in [-0.1, -0.05) is 24.3 Å². The van der Waals surface area contributed by atoms with Gasteiger partial charge in [0.2, 0.25) is 0 Å². The fraction of sp³-hybridized carbons (Fsp3) is 0.625. The van der Waals surface area contributed by atoms with Crippen molar-refractivity contribution in [2.75, 3.05) is 52.9 Å². The molecule has 0 aromatic heterocycles. The summed E-state index contributed by atoms with van der Waals surface area (Å²) in [7, 11) is 0. The van der Waals surface area contributed by atoms with Crippen LogP contribution in [0.15, 0.2) is 24.3 Å². The zero-order valence-electron chi connectivity index (χ0n) is 13.1. The van der Waals surface area contributed by atoms with Crippen LogP contribution in [0.4, 0.5) is 0 Å². The number of aliphatic hydroxyl groups excluding tert-OH is 2. The van der Waals surface area contributed by atoms with Crippen LogP contribution in [0.1, 0.15) is 11.1 Å². The van der Waals surface area contributed by atoms with Crippen molar-refractivity contribution >= 4 is 0 Å². The van der Waals surface area contributed by atoms with E-state index in [1.807, 2.05) is 0 Å². The molecule has 21 heavy (non-hydrogen) atoms. The number of aryl methyl sites for hydroxylation is 2. The standard InChI is InChI=1S/C8H18O5.C8H10/c9-1-3-11-5-7-13-8-6-12-4-2-10;1-7-5-3-4-6-8(7)2/h9-10H,1-8H2;3-6H,1-2H3. The van der Waals surface area contributed by atoms with E-state index in [1.54, 1.807) is 0 Å². The second kappa shape index (κ2) is 15.4. The number of hydrogen-bond acceptors (Lipinski definition) is 5. The molecule has 122 valence electrons. The van der Waals surface area contributed by atoms with Crippen LogP contribution in [0.2, 0.25) is 0 Å². The van der Waals surface area contributed by atoms with Gasteiger partial charge in [-0.25, -0.2) is 0 Å². The monoisotopic (exact) mass is 300 g/mol. The van der Waals surface area contributed by atoms with Gasteiger partial charge in [-0.05, 0) is 25.0 Å². The van der Waals surface area contributed by atoms with Gasteiger partial charge < -0.3 is 24.4 Å². The van der Waals surface area contributed by atoms with E-state index >= 15 is 0 Å². The molecule has 0 aliphatic carbocycles. The molecule has 0 bridgehead atoms. The van der Waals surface area contributed by atoms with Gasteiger partial charge in [-0.3, -0.25) is 0 Å². The Morgan fingerprint density at radius 1 is 0.667 bits per heavy atom. The molecule has 0 amide bonds. The molecule has 0 fully saturated rings. The Morgan fingerprint density at radius 3 is 1.29 bits per heavy atom. The molecule has 5 nitrogen and oxygen atoms in total. The molecule has 1 aromatic rings. The van der Waals surface area contributed by atoms with Crippen LogP contribution in [-0.2, 0) is 14.2 Å². The molecule has 0 spiro atoms. The first kappa shape index (κ1) is 20.0. The fourth-order valence-electron chi connectivity index (χ4n) is 1.33. The lowest BCUT2D eigenvalue weighted by atomic mass is 10.1. The lowest BCUT2D eigenvalue weighted by Crippen LogP contribution is -2.11. The average Bonchev–Trinajstić information content (AvgIpc) is 2.49. The Morgan fingerprint density at radius 2 is 1.00 bits per heavy atom. The van der Waals surface area contributed by atoms with Crippen molar-refractivity contribution in [3.63, 3.8) is 0 Å². The van der Waals surface area contributed by atoms with Crippen LogP contribution in [0, 0.1) is 13.8 Å². The maximum absolute atomic E-state index is 8.36. The molecule has 0 saturated carbocycles. The average molecular weight is 300 g/mol. The summed E-state index contributed by atoms with van der Waals surface area (Å²) in [4.78, 5) is 0. The summed E-state index contributed by atoms with van der Waals surface area (Å²) in [5.41, 5.74) is 2.74. The third-order valence-corrected chi connectivity index (χ3v) is 2.64. The Hall–Kier alpha value is -0.980. The Balaban J connectivity index is 0.000000423. The van der Waals surface area contributed by atoms with Crippen molar-refractivity contribution in [2.45, 2.75) is 13.8 Å². The topological polar surface area (TPSA) is 68.2 Å². The molecule has 0 aliphatic rings. The largest absolute Gasteiger partial charge is 0.394 e. The minimum absolute atomic E-state index is 0.0413. The van der Waals surface area contributed by atoms with Crippen LogP contribution < -0.4 is 0 Å². The predicted octanol–water partition coefficient (Wildman–Crippen LogP) is 1.32. The number of aliphatic hydroxyl groups is 2. The summed E-state index contributed by atoms with van der Waals surface area (Å²) < 4.78 is 15.0. The molecular weight excluding hydrogens is 272 g/mol. The van der Waals surface area contributed by atoms with Crippen LogP contribution in [0.5, 0.6) is 0 Å². The Labute approximate surface area is 127 Å². The highest BCUT2D eigenvalue weighted by Gasteiger charge is 1.90. The van der Waals surface area contributed by atoms with Crippen LogP contribution >= 0.6 is 0 Å². The van der Waals surface area contributed by atoms with Gasteiger partial charge in [-0.15, -0.1) is 0 Å². The third-order valence-electron chi connectivity index (χ3n) is 2.64. The number of benzene rings is 1. The van der Waals surface area contributed by atoms with E-state index in [4.69, 9.17) is 24.4 Å². The maximum Gasteiger partial charge on any atom is 0.0701 e. The second-order valence-electron chi connectivity index (χ2n) is 4.37. The fourth-order valence-corrected chi connectivity index (χ4v) is 1.33. The maximum atomic E-state index is 8.36. The summed E-state index contributed by atoms with van der Waals surface area (Å²) in [6.45, 7) is 7.00. The summed E-state index contributed by atoms with van der Waals surface area (Å²) in [5.74, 6) is 0. The van der Waals surface area contributed by atoms with E-state index in [0.29, 0.717) is 39.6 Å². The van der Waals surface area contributed by atoms with E-state index in [0.717, 1.165) is 0 Å². The highest BCUT2D eigenvalue weighted by molar-refractivity contribution is 5.23. The summed E-state index contributed by atoms with van der Waals surface area (Å²) >= 11 is 0. The molecule has 0 heterocycles. The quantitative estimate of drug-likeness (QED) is 0.638. The second-order valence-corrected chi connectivity index (χ2v) is 4.37. The highest BCUT2D eigenvalue weighted by Crippen LogP contribution is 2.02. The van der Waals surface area contributed by atoms with E-state index in [9.17, 15) is 0 Å². The molecule has 0 radical (unpaired) electrons. The van der Waals surface area contributed by atoms with Gasteiger partial charge in [0.05, 0.1) is 52.9 Å². The predicted molar refractivity (Wildman–Crippen MR) is 82.5 cm³/mol. The van der Waals surface area contributed by atoms with E-state index in [-0.39, 0.29) is 13.2 Å². The lowest BCUT2D eigenvalue weighted by Gasteiger charge is -2.04. The normalized spacial score (nSPS) is 10.1. The van der Waals surface area contributed by atoms with Gasteiger partial charge in [0.15, 0.2) is 0 Å². The Bertz CT molecular complexity index is 299. The van der Waals surface area contributed by atoms with Crippen molar-refractivity contribution in [3.05, 3.63) is 35.4 Å². The van der Waals surface area contributed by atoms with Crippen LogP contribution in [-0.4, -0.2) is 63.1 Å². The van der Waals surface area contributed by atoms with Gasteiger partial charge in [0, 0.05) is 0 Å². The van der Waals surface area contributed by atoms with E-state index in [2.05, 4.69) is 38.1 Å². The molecular formula is C16H28O5. The number of hydrogen-bond donors (Lipinski definition) is 2. The number of ether oxygens (including phenoxy) is 3. The van der Waals surface area contributed by atoms with Crippen LogP contribution in [0.25, 0.3) is 0 Å². The van der Waals surface area contributed by atoms with Gasteiger partial charge in [0.1, 0.15) is 0 Å². The summed E-state index contributed by atoms with van der Waals surface area (Å²) in [6, 6.07) is 8.36.